The van der Waals surface area contributed by atoms with Crippen LogP contribution in [0.5, 0.6) is 0 Å². The van der Waals surface area contributed by atoms with Gasteiger partial charge < -0.3 is 21.1 Å². The van der Waals surface area contributed by atoms with Crippen molar-refractivity contribution in [2.24, 2.45) is 0 Å². The first kappa shape index (κ1) is 19.0. The number of nitrogen functional groups attached to an aromatic ring is 1. The zero-order chi connectivity index (χ0) is 19.4. The fraction of sp³-hybridized carbons (Fsp3) is 0.300. The van der Waals surface area contributed by atoms with Gasteiger partial charge in [0.25, 0.3) is 0 Å². The Bertz CT molecular complexity index is 929. The van der Waals surface area contributed by atoms with Gasteiger partial charge in [-0.2, -0.15) is 0 Å². The Morgan fingerprint density at radius 1 is 1.15 bits per heavy atom. The number of benzene rings is 1. The number of hydrogen-bond donors (Lipinski definition) is 3. The fourth-order valence-corrected chi connectivity index (χ4v) is 3.33. The maximum absolute atomic E-state index is 11.7. The maximum atomic E-state index is 11.7. The summed E-state index contributed by atoms with van der Waals surface area (Å²) in [6.07, 6.45) is 1.27. The average Bonchev–Trinajstić information content (AvgIpc) is 3.07. The molecule has 142 valence electrons. The van der Waals surface area contributed by atoms with Gasteiger partial charge in [-0.25, -0.2) is 9.78 Å². The van der Waals surface area contributed by atoms with E-state index in [4.69, 9.17) is 10.5 Å². The Labute approximate surface area is 162 Å². The summed E-state index contributed by atoms with van der Waals surface area (Å²) in [5, 5.41) is 9.21. The molecule has 2 aromatic heterocycles. The van der Waals surface area contributed by atoms with E-state index in [1.54, 1.807) is 17.5 Å². The molecule has 0 saturated carbocycles. The van der Waals surface area contributed by atoms with Crippen LogP contribution in [0.25, 0.3) is 10.2 Å². The van der Waals surface area contributed by atoms with Gasteiger partial charge >= 0.3 is 6.09 Å². The molecule has 0 bridgehead atoms. The van der Waals surface area contributed by atoms with Crippen molar-refractivity contribution < 1.29 is 9.53 Å². The fourth-order valence-electron chi connectivity index (χ4n) is 2.59. The molecule has 3 rings (SSSR count). The lowest BCUT2D eigenvalue weighted by molar-refractivity contribution is 0.0523. The van der Waals surface area contributed by atoms with Crippen LogP contribution < -0.4 is 16.4 Å². The second-order valence-corrected chi connectivity index (χ2v) is 8.15. The van der Waals surface area contributed by atoms with Gasteiger partial charge in [-0.05, 0) is 43.3 Å². The van der Waals surface area contributed by atoms with Gasteiger partial charge in [-0.15, -0.1) is 11.3 Å². The van der Waals surface area contributed by atoms with Crippen molar-refractivity contribution >= 4 is 39.0 Å². The summed E-state index contributed by atoms with van der Waals surface area (Å²) in [4.78, 5) is 17.0. The summed E-state index contributed by atoms with van der Waals surface area (Å²) < 4.78 is 5.23. The number of thiophene rings is 1. The lowest BCUT2D eigenvalue weighted by Gasteiger charge is -2.19. The van der Waals surface area contributed by atoms with Crippen LogP contribution in [0.1, 0.15) is 31.9 Å². The Morgan fingerprint density at radius 3 is 2.48 bits per heavy atom. The van der Waals surface area contributed by atoms with Crippen LogP contribution in [0.3, 0.4) is 0 Å². The van der Waals surface area contributed by atoms with Gasteiger partial charge in [-0.1, -0.05) is 24.3 Å². The zero-order valence-electron chi connectivity index (χ0n) is 15.7. The Kier molecular flexibility index (Phi) is 5.51. The number of rotatable bonds is 5. The highest BCUT2D eigenvalue weighted by Gasteiger charge is 2.15. The number of alkyl carbamates (subject to hydrolysis) is 1. The van der Waals surface area contributed by atoms with E-state index < -0.39 is 11.7 Å². The number of nitrogens with zero attached hydrogens (tertiary/aromatic N) is 1. The Balaban J connectivity index is 1.57. The van der Waals surface area contributed by atoms with Crippen LogP contribution in [0.4, 0.5) is 16.2 Å². The molecule has 0 fully saturated rings. The minimum absolute atomic E-state index is 0.416. The predicted molar refractivity (Wildman–Crippen MR) is 111 cm³/mol. The zero-order valence-corrected chi connectivity index (χ0v) is 16.5. The van der Waals surface area contributed by atoms with Crippen LogP contribution in [0.15, 0.2) is 41.9 Å². The third-order valence-electron chi connectivity index (χ3n) is 3.85. The lowest BCUT2D eigenvalue weighted by atomic mass is 10.1. The number of ether oxygens (including phenoxy) is 1. The van der Waals surface area contributed by atoms with Gasteiger partial charge in [0, 0.05) is 18.5 Å². The first-order valence-electron chi connectivity index (χ1n) is 8.72. The van der Waals surface area contributed by atoms with E-state index in [9.17, 15) is 4.79 Å². The molecule has 1 aromatic carbocycles. The molecule has 1 amide bonds. The number of anilines is 2. The molecule has 0 aliphatic rings. The molecule has 6 nitrogen and oxygen atoms in total. The van der Waals surface area contributed by atoms with Crippen LogP contribution >= 0.6 is 11.3 Å². The van der Waals surface area contributed by atoms with Crippen LogP contribution in [0.2, 0.25) is 0 Å². The molecule has 0 aliphatic carbocycles. The summed E-state index contributed by atoms with van der Waals surface area (Å²) in [6.45, 7) is 6.60. The highest BCUT2D eigenvalue weighted by Crippen LogP contribution is 2.31. The quantitative estimate of drug-likeness (QED) is 0.602. The first-order valence-corrected chi connectivity index (χ1v) is 9.60. The van der Waals surface area contributed by atoms with Crippen molar-refractivity contribution in [3.63, 3.8) is 0 Å². The molecular weight excluding hydrogens is 360 g/mol. The van der Waals surface area contributed by atoms with Crippen LogP contribution in [0, 0.1) is 0 Å². The molecular formula is C20H24N4O2S. The van der Waals surface area contributed by atoms with Gasteiger partial charge in [0.05, 0.1) is 17.6 Å². The molecule has 2 heterocycles. The summed E-state index contributed by atoms with van der Waals surface area (Å²) in [5.74, 6) is 0. The molecule has 3 aromatic rings. The molecule has 27 heavy (non-hydrogen) atoms. The minimum atomic E-state index is -0.498. The largest absolute Gasteiger partial charge is 0.444 e. The molecule has 0 unspecified atom stereocenters. The van der Waals surface area contributed by atoms with E-state index in [2.05, 4.69) is 15.6 Å². The standard InChI is InChI=1S/C20H24N4O2S/c1-20(2,3)26-19(25)24-11-14-6-4-13(5-7-14)10-22-17-15-8-9-27-18(15)23-12-16(17)21/h4-9,12H,10-11,21H2,1-3H3,(H,22,23)(H,24,25). The Morgan fingerprint density at radius 2 is 1.81 bits per heavy atom. The Hall–Kier alpha value is -2.80. The smallest absolute Gasteiger partial charge is 0.407 e. The third kappa shape index (κ3) is 5.10. The summed E-state index contributed by atoms with van der Waals surface area (Å²) >= 11 is 1.59. The van der Waals surface area contributed by atoms with Gasteiger partial charge in [0.2, 0.25) is 0 Å². The number of nitrogens with two attached hydrogens (primary N) is 1. The van der Waals surface area contributed by atoms with E-state index in [0.29, 0.717) is 18.8 Å². The topological polar surface area (TPSA) is 89.3 Å². The molecule has 7 heteroatoms. The monoisotopic (exact) mass is 384 g/mol. The first-order chi connectivity index (χ1) is 12.8. The molecule has 0 atom stereocenters. The van der Waals surface area contributed by atoms with Crippen molar-refractivity contribution in [3.8, 4) is 0 Å². The molecule has 0 spiro atoms. The number of fused-ring (bicyclic) bond motifs is 1. The highest BCUT2D eigenvalue weighted by atomic mass is 32.1. The van der Waals surface area contributed by atoms with Crippen LogP contribution in [-0.2, 0) is 17.8 Å². The van der Waals surface area contributed by atoms with Gasteiger partial charge in [0.1, 0.15) is 10.4 Å². The lowest BCUT2D eigenvalue weighted by Crippen LogP contribution is -2.32. The van der Waals surface area contributed by atoms with E-state index in [1.165, 1.54) is 0 Å². The highest BCUT2D eigenvalue weighted by molar-refractivity contribution is 7.16. The van der Waals surface area contributed by atoms with Gasteiger partial charge in [0.15, 0.2) is 0 Å². The normalized spacial score (nSPS) is 11.4. The second kappa shape index (κ2) is 7.84. The molecule has 4 N–H and O–H groups in total. The van der Waals surface area contributed by atoms with Crippen molar-refractivity contribution in [2.45, 2.75) is 39.5 Å². The number of carbonyl (C=O) groups excluding carboxylic acids is 1. The number of aromatic nitrogens is 1. The number of pyridine rings is 1. The molecule has 0 saturated heterocycles. The number of nitrogens with one attached hydrogen (secondary N) is 2. The number of amides is 1. The van der Waals surface area contributed by atoms with E-state index in [1.807, 2.05) is 56.5 Å². The second-order valence-electron chi connectivity index (χ2n) is 7.25. The van der Waals surface area contributed by atoms with Crippen molar-refractivity contribution in [1.82, 2.24) is 10.3 Å². The van der Waals surface area contributed by atoms with Crippen molar-refractivity contribution in [2.75, 3.05) is 11.1 Å². The van der Waals surface area contributed by atoms with Crippen molar-refractivity contribution in [3.05, 3.63) is 53.0 Å². The third-order valence-corrected chi connectivity index (χ3v) is 4.67. The average molecular weight is 385 g/mol. The number of hydrogen-bond acceptors (Lipinski definition) is 6. The van der Waals surface area contributed by atoms with E-state index in [0.717, 1.165) is 27.0 Å². The summed E-state index contributed by atoms with van der Waals surface area (Å²) in [7, 11) is 0. The summed E-state index contributed by atoms with van der Waals surface area (Å²) in [6, 6.07) is 10.1. The molecule has 0 aliphatic heterocycles. The SMILES string of the molecule is CC(C)(C)OC(=O)NCc1ccc(CNc2c(N)cnc3sccc23)cc1. The minimum Gasteiger partial charge on any atom is -0.444 e. The van der Waals surface area contributed by atoms with E-state index in [-0.39, 0.29) is 0 Å². The summed E-state index contributed by atoms with van der Waals surface area (Å²) in [5.41, 5.74) is 9.26. The van der Waals surface area contributed by atoms with Gasteiger partial charge in [-0.3, -0.25) is 0 Å². The van der Waals surface area contributed by atoms with Crippen LogP contribution in [-0.4, -0.2) is 16.7 Å². The number of carbonyl (C=O) groups is 1. The molecule has 0 radical (unpaired) electrons. The maximum Gasteiger partial charge on any atom is 0.407 e. The van der Waals surface area contributed by atoms with Crippen molar-refractivity contribution in [1.29, 1.82) is 0 Å². The van der Waals surface area contributed by atoms with E-state index >= 15 is 0 Å². The predicted octanol–water partition coefficient (Wildman–Crippen LogP) is 4.52.